The Morgan fingerprint density at radius 3 is 2.75 bits per heavy atom. The first-order valence-corrected chi connectivity index (χ1v) is 6.81. The van der Waals surface area contributed by atoms with Gasteiger partial charge < -0.3 is 14.2 Å². The lowest BCUT2D eigenvalue weighted by molar-refractivity contribution is 0.101. The van der Waals surface area contributed by atoms with Crippen LogP contribution in [-0.2, 0) is 0 Å². The highest BCUT2D eigenvalue weighted by molar-refractivity contribution is 9.10. The van der Waals surface area contributed by atoms with Crippen molar-refractivity contribution in [2.24, 2.45) is 0 Å². The van der Waals surface area contributed by atoms with E-state index in [4.69, 9.17) is 14.2 Å². The van der Waals surface area contributed by atoms with E-state index in [2.05, 4.69) is 15.9 Å². The van der Waals surface area contributed by atoms with Crippen molar-refractivity contribution in [1.82, 2.24) is 0 Å². The van der Waals surface area contributed by atoms with Crippen molar-refractivity contribution in [3.63, 3.8) is 0 Å². The third-order valence-electron chi connectivity index (χ3n) is 2.89. The molecule has 0 aromatic heterocycles. The van der Waals surface area contributed by atoms with Crippen molar-refractivity contribution in [1.29, 1.82) is 0 Å². The summed E-state index contributed by atoms with van der Waals surface area (Å²) in [5, 5.41) is 0. The lowest BCUT2D eigenvalue weighted by Crippen LogP contribution is -1.97. The summed E-state index contributed by atoms with van der Waals surface area (Å²) in [4.78, 5) is 11.6. The molecular formula is C15H11BrO4. The van der Waals surface area contributed by atoms with Gasteiger partial charge in [0.1, 0.15) is 11.5 Å². The van der Waals surface area contributed by atoms with Crippen molar-refractivity contribution in [2.75, 3.05) is 6.79 Å². The van der Waals surface area contributed by atoms with Crippen molar-refractivity contribution in [3.05, 3.63) is 46.4 Å². The molecule has 1 aliphatic heterocycles. The van der Waals surface area contributed by atoms with Crippen molar-refractivity contribution >= 4 is 21.7 Å². The lowest BCUT2D eigenvalue weighted by Gasteiger charge is -2.10. The Labute approximate surface area is 124 Å². The van der Waals surface area contributed by atoms with Gasteiger partial charge in [0.25, 0.3) is 0 Å². The van der Waals surface area contributed by atoms with Crippen LogP contribution in [0.5, 0.6) is 23.0 Å². The molecular weight excluding hydrogens is 324 g/mol. The molecule has 0 radical (unpaired) electrons. The molecule has 3 rings (SSSR count). The van der Waals surface area contributed by atoms with Gasteiger partial charge in [0.05, 0.1) is 5.56 Å². The predicted molar refractivity (Wildman–Crippen MR) is 76.8 cm³/mol. The Morgan fingerprint density at radius 2 is 1.95 bits per heavy atom. The number of rotatable bonds is 3. The number of carbonyl (C=O) groups is 1. The molecule has 0 saturated heterocycles. The van der Waals surface area contributed by atoms with Gasteiger partial charge in [-0.25, -0.2) is 0 Å². The summed E-state index contributed by atoms with van der Waals surface area (Å²) >= 11 is 3.37. The molecule has 0 N–H and O–H groups in total. The zero-order valence-corrected chi connectivity index (χ0v) is 12.3. The summed E-state index contributed by atoms with van der Waals surface area (Å²) < 4.78 is 17.2. The number of ether oxygens (including phenoxy) is 3. The highest BCUT2D eigenvalue weighted by Gasteiger charge is 2.15. The number of carbonyl (C=O) groups excluding carboxylic acids is 1. The molecule has 0 amide bonds. The summed E-state index contributed by atoms with van der Waals surface area (Å²) in [5.41, 5.74) is 0.533. The van der Waals surface area contributed by atoms with Crippen LogP contribution in [0.25, 0.3) is 0 Å². The molecule has 0 bridgehead atoms. The fourth-order valence-electron chi connectivity index (χ4n) is 1.94. The maximum absolute atomic E-state index is 11.6. The van der Waals surface area contributed by atoms with Crippen LogP contribution in [0.2, 0.25) is 0 Å². The first kappa shape index (κ1) is 13.0. The molecule has 0 saturated carbocycles. The highest BCUT2D eigenvalue weighted by Crippen LogP contribution is 2.37. The Kier molecular flexibility index (Phi) is 3.36. The number of hydrogen-bond acceptors (Lipinski definition) is 4. The summed E-state index contributed by atoms with van der Waals surface area (Å²) in [7, 11) is 0. The molecule has 1 heterocycles. The summed E-state index contributed by atoms with van der Waals surface area (Å²) in [6.07, 6.45) is 0. The average Bonchev–Trinajstić information content (AvgIpc) is 2.85. The van der Waals surface area contributed by atoms with Crippen LogP contribution >= 0.6 is 15.9 Å². The van der Waals surface area contributed by atoms with E-state index in [0.717, 1.165) is 4.47 Å². The zero-order valence-electron chi connectivity index (χ0n) is 10.7. The summed E-state index contributed by atoms with van der Waals surface area (Å²) in [6, 6.07) is 10.6. The first-order valence-electron chi connectivity index (χ1n) is 6.01. The molecule has 0 atom stereocenters. The Hall–Kier alpha value is -2.01. The fourth-order valence-corrected chi connectivity index (χ4v) is 2.28. The predicted octanol–water partition coefficient (Wildman–Crippen LogP) is 4.17. The second kappa shape index (κ2) is 5.17. The van der Waals surface area contributed by atoms with E-state index < -0.39 is 0 Å². The Bertz CT molecular complexity index is 682. The molecule has 2 aromatic rings. The van der Waals surface area contributed by atoms with Crippen LogP contribution in [0, 0.1) is 0 Å². The van der Waals surface area contributed by atoms with Gasteiger partial charge in [0.2, 0.25) is 6.79 Å². The van der Waals surface area contributed by atoms with Gasteiger partial charge in [-0.1, -0.05) is 15.9 Å². The smallest absolute Gasteiger partial charge is 0.231 e. The maximum Gasteiger partial charge on any atom is 0.231 e. The zero-order chi connectivity index (χ0) is 14.1. The monoisotopic (exact) mass is 334 g/mol. The third-order valence-corrected chi connectivity index (χ3v) is 3.39. The van der Waals surface area contributed by atoms with Gasteiger partial charge in [-0.3, -0.25) is 4.79 Å². The topological polar surface area (TPSA) is 44.8 Å². The van der Waals surface area contributed by atoms with E-state index in [9.17, 15) is 4.79 Å². The number of Topliss-reactive ketones (excluding diaryl/α,β-unsaturated/α-hetero) is 1. The van der Waals surface area contributed by atoms with Crippen molar-refractivity contribution in [2.45, 2.75) is 6.92 Å². The van der Waals surface area contributed by atoms with Crippen molar-refractivity contribution < 1.29 is 19.0 Å². The Balaban J connectivity index is 1.95. The third kappa shape index (κ3) is 2.49. The molecule has 0 fully saturated rings. The van der Waals surface area contributed by atoms with Gasteiger partial charge in [0.15, 0.2) is 17.3 Å². The van der Waals surface area contributed by atoms with E-state index in [1.807, 2.05) is 6.07 Å². The molecule has 0 unspecified atom stereocenters. The standard InChI is InChI=1S/C15H11BrO4/c1-9(17)12-4-2-10(16)6-14(12)20-11-3-5-13-15(7-11)19-8-18-13/h2-7H,8H2,1H3. The van der Waals surface area contributed by atoms with Crippen LogP contribution in [0.1, 0.15) is 17.3 Å². The van der Waals surface area contributed by atoms with E-state index in [1.165, 1.54) is 6.92 Å². The first-order chi connectivity index (χ1) is 9.63. The van der Waals surface area contributed by atoms with Gasteiger partial charge in [-0.05, 0) is 37.3 Å². The van der Waals surface area contributed by atoms with Crippen molar-refractivity contribution in [3.8, 4) is 23.0 Å². The van der Waals surface area contributed by atoms with E-state index in [0.29, 0.717) is 28.6 Å². The quantitative estimate of drug-likeness (QED) is 0.790. The minimum atomic E-state index is -0.0479. The average molecular weight is 335 g/mol. The van der Waals surface area contributed by atoms with Crippen LogP contribution in [0.4, 0.5) is 0 Å². The highest BCUT2D eigenvalue weighted by atomic mass is 79.9. The molecule has 0 aliphatic carbocycles. The number of benzene rings is 2. The summed E-state index contributed by atoms with van der Waals surface area (Å²) in [5.74, 6) is 2.38. The lowest BCUT2D eigenvalue weighted by atomic mass is 10.1. The largest absolute Gasteiger partial charge is 0.456 e. The number of fused-ring (bicyclic) bond motifs is 1. The van der Waals surface area contributed by atoms with Gasteiger partial charge in [-0.15, -0.1) is 0 Å². The van der Waals surface area contributed by atoms with E-state index in [-0.39, 0.29) is 12.6 Å². The summed E-state index contributed by atoms with van der Waals surface area (Å²) in [6.45, 7) is 1.73. The van der Waals surface area contributed by atoms with Gasteiger partial charge >= 0.3 is 0 Å². The minimum Gasteiger partial charge on any atom is -0.456 e. The van der Waals surface area contributed by atoms with Crippen LogP contribution in [-0.4, -0.2) is 12.6 Å². The number of hydrogen-bond donors (Lipinski definition) is 0. The molecule has 0 spiro atoms. The Morgan fingerprint density at radius 1 is 1.15 bits per heavy atom. The molecule has 20 heavy (non-hydrogen) atoms. The van der Waals surface area contributed by atoms with Crippen LogP contribution < -0.4 is 14.2 Å². The number of halogens is 1. The fraction of sp³-hybridized carbons (Fsp3) is 0.133. The number of ketones is 1. The van der Waals surface area contributed by atoms with Crippen LogP contribution in [0.15, 0.2) is 40.9 Å². The van der Waals surface area contributed by atoms with Gasteiger partial charge in [-0.2, -0.15) is 0 Å². The van der Waals surface area contributed by atoms with Gasteiger partial charge in [0, 0.05) is 10.5 Å². The minimum absolute atomic E-state index is 0.0479. The molecule has 4 nitrogen and oxygen atoms in total. The molecule has 5 heteroatoms. The second-order valence-electron chi connectivity index (χ2n) is 4.31. The maximum atomic E-state index is 11.6. The normalized spacial score (nSPS) is 12.3. The SMILES string of the molecule is CC(=O)c1ccc(Br)cc1Oc1ccc2c(c1)OCO2. The molecule has 2 aromatic carbocycles. The van der Waals surface area contributed by atoms with E-state index in [1.54, 1.807) is 30.3 Å². The van der Waals surface area contributed by atoms with E-state index >= 15 is 0 Å². The van der Waals surface area contributed by atoms with Crippen LogP contribution in [0.3, 0.4) is 0 Å². The molecule has 102 valence electrons. The molecule has 1 aliphatic rings. The second-order valence-corrected chi connectivity index (χ2v) is 5.23.